The highest BCUT2D eigenvalue weighted by molar-refractivity contribution is 5.84. The van der Waals surface area contributed by atoms with Gasteiger partial charge in [0.1, 0.15) is 6.17 Å². The lowest BCUT2D eigenvalue weighted by atomic mass is 10.0. The van der Waals surface area contributed by atoms with Crippen molar-refractivity contribution in [2.75, 3.05) is 0 Å². The van der Waals surface area contributed by atoms with Crippen LogP contribution in [-0.4, -0.2) is 22.9 Å². The lowest BCUT2D eigenvalue weighted by Crippen LogP contribution is -2.38. The molecule has 116 valence electrons. The summed E-state index contributed by atoms with van der Waals surface area (Å²) in [7, 11) is 0. The van der Waals surface area contributed by atoms with Crippen LogP contribution in [0.1, 0.15) is 57.8 Å². The van der Waals surface area contributed by atoms with Crippen LogP contribution in [0.4, 0.5) is 0 Å². The molecular formula is C18H28N2O. The number of hydrogen-bond acceptors (Lipinski definition) is 2. The van der Waals surface area contributed by atoms with Gasteiger partial charge in [0.25, 0.3) is 0 Å². The van der Waals surface area contributed by atoms with Gasteiger partial charge in [0, 0.05) is 6.04 Å². The summed E-state index contributed by atoms with van der Waals surface area (Å²) in [5.41, 5.74) is 2.42. The molecule has 1 saturated heterocycles. The van der Waals surface area contributed by atoms with Crippen molar-refractivity contribution >= 4 is 5.91 Å². The zero-order chi connectivity index (χ0) is 15.6. The van der Waals surface area contributed by atoms with Crippen molar-refractivity contribution < 1.29 is 4.79 Å². The van der Waals surface area contributed by atoms with Crippen LogP contribution in [-0.2, 0) is 4.79 Å². The average molecular weight is 288 g/mol. The van der Waals surface area contributed by atoms with E-state index in [4.69, 9.17) is 0 Å². The molecule has 0 spiro atoms. The van der Waals surface area contributed by atoms with Crippen LogP contribution in [0.3, 0.4) is 0 Å². The number of benzene rings is 1. The van der Waals surface area contributed by atoms with Gasteiger partial charge in [-0.3, -0.25) is 10.1 Å². The number of nitrogens with zero attached hydrogens (tertiary/aromatic N) is 1. The molecule has 21 heavy (non-hydrogen) atoms. The van der Waals surface area contributed by atoms with Gasteiger partial charge < -0.3 is 4.90 Å². The number of hydrogen-bond donors (Lipinski definition) is 1. The van der Waals surface area contributed by atoms with E-state index in [0.29, 0.717) is 5.92 Å². The number of rotatable bonds is 5. The second-order valence-corrected chi connectivity index (χ2v) is 6.77. The highest BCUT2D eigenvalue weighted by Gasteiger charge is 2.39. The molecule has 0 aliphatic carbocycles. The molecule has 2 rings (SSSR count). The molecule has 1 aliphatic rings. The smallest absolute Gasteiger partial charge is 0.241 e. The minimum atomic E-state index is -0.0993. The van der Waals surface area contributed by atoms with Crippen molar-refractivity contribution in [1.29, 1.82) is 0 Å². The topological polar surface area (TPSA) is 32.3 Å². The molecule has 0 bridgehead atoms. The Labute approximate surface area is 128 Å². The Morgan fingerprint density at radius 1 is 1.14 bits per heavy atom. The first kappa shape index (κ1) is 16.0. The van der Waals surface area contributed by atoms with Crippen molar-refractivity contribution in [2.24, 2.45) is 5.92 Å². The molecule has 3 atom stereocenters. The molecule has 1 amide bonds. The van der Waals surface area contributed by atoms with Crippen LogP contribution < -0.4 is 5.32 Å². The predicted octanol–water partition coefficient (Wildman–Crippen LogP) is 3.64. The van der Waals surface area contributed by atoms with Gasteiger partial charge in [0.05, 0.1) is 6.04 Å². The molecule has 1 aromatic carbocycles. The SMILES string of the molecule is Cc1ccc(C2NC(C)C(=O)N2C(C)CCC(C)C)cc1. The van der Waals surface area contributed by atoms with Crippen molar-refractivity contribution in [3.8, 4) is 0 Å². The molecule has 1 heterocycles. The summed E-state index contributed by atoms with van der Waals surface area (Å²) in [6, 6.07) is 8.64. The van der Waals surface area contributed by atoms with Crippen molar-refractivity contribution in [3.05, 3.63) is 35.4 Å². The third-order valence-electron chi connectivity index (χ3n) is 4.34. The van der Waals surface area contributed by atoms with E-state index in [1.807, 2.05) is 11.8 Å². The van der Waals surface area contributed by atoms with Gasteiger partial charge in [0.15, 0.2) is 0 Å². The van der Waals surface area contributed by atoms with E-state index in [1.54, 1.807) is 0 Å². The highest BCUT2D eigenvalue weighted by Crippen LogP contribution is 2.29. The van der Waals surface area contributed by atoms with Gasteiger partial charge in [0.2, 0.25) is 5.91 Å². The van der Waals surface area contributed by atoms with E-state index in [0.717, 1.165) is 12.8 Å². The Kier molecular flexibility index (Phi) is 5.04. The number of amides is 1. The van der Waals surface area contributed by atoms with Crippen LogP contribution >= 0.6 is 0 Å². The van der Waals surface area contributed by atoms with Crippen LogP contribution in [0.5, 0.6) is 0 Å². The average Bonchev–Trinajstić information content (AvgIpc) is 2.73. The lowest BCUT2D eigenvalue weighted by molar-refractivity contribution is -0.132. The van der Waals surface area contributed by atoms with E-state index in [-0.39, 0.29) is 24.2 Å². The molecule has 3 nitrogen and oxygen atoms in total. The second kappa shape index (κ2) is 6.61. The first-order valence-electron chi connectivity index (χ1n) is 8.05. The normalized spacial score (nSPS) is 23.9. The first-order valence-corrected chi connectivity index (χ1v) is 8.05. The maximum Gasteiger partial charge on any atom is 0.241 e. The van der Waals surface area contributed by atoms with E-state index < -0.39 is 0 Å². The summed E-state index contributed by atoms with van der Waals surface area (Å²) >= 11 is 0. The van der Waals surface area contributed by atoms with Gasteiger partial charge in [-0.15, -0.1) is 0 Å². The maximum atomic E-state index is 12.5. The third kappa shape index (κ3) is 3.65. The standard InChI is InChI=1S/C18H28N2O/c1-12(2)6-9-14(4)20-17(19-15(5)18(20)21)16-10-7-13(3)8-11-16/h7-8,10-12,14-15,17,19H,6,9H2,1-5H3. The molecule has 3 heteroatoms. The van der Waals surface area contributed by atoms with E-state index in [1.165, 1.54) is 11.1 Å². The van der Waals surface area contributed by atoms with Crippen LogP contribution in [0, 0.1) is 12.8 Å². The molecule has 1 fully saturated rings. The highest BCUT2D eigenvalue weighted by atomic mass is 16.2. The minimum absolute atomic E-state index is 0.00950. The van der Waals surface area contributed by atoms with Crippen molar-refractivity contribution in [3.63, 3.8) is 0 Å². The molecule has 1 aromatic rings. The van der Waals surface area contributed by atoms with Gasteiger partial charge in [-0.2, -0.15) is 0 Å². The van der Waals surface area contributed by atoms with Crippen molar-refractivity contribution in [2.45, 2.75) is 65.7 Å². The summed E-state index contributed by atoms with van der Waals surface area (Å²) < 4.78 is 0. The van der Waals surface area contributed by atoms with Crippen LogP contribution in [0.2, 0.25) is 0 Å². The monoisotopic (exact) mass is 288 g/mol. The summed E-state index contributed by atoms with van der Waals surface area (Å²) in [5.74, 6) is 0.894. The minimum Gasteiger partial charge on any atom is -0.319 e. The van der Waals surface area contributed by atoms with Crippen molar-refractivity contribution in [1.82, 2.24) is 10.2 Å². The third-order valence-corrected chi connectivity index (χ3v) is 4.34. The lowest BCUT2D eigenvalue weighted by Gasteiger charge is -2.31. The van der Waals surface area contributed by atoms with E-state index in [9.17, 15) is 4.79 Å². The summed E-state index contributed by atoms with van der Waals surface area (Å²) in [6.45, 7) is 10.7. The first-order chi connectivity index (χ1) is 9.90. The second-order valence-electron chi connectivity index (χ2n) is 6.77. The largest absolute Gasteiger partial charge is 0.319 e. The molecular weight excluding hydrogens is 260 g/mol. The van der Waals surface area contributed by atoms with Gasteiger partial charge in [-0.1, -0.05) is 43.7 Å². The molecule has 3 unspecified atom stereocenters. The summed E-state index contributed by atoms with van der Waals surface area (Å²) in [4.78, 5) is 14.5. The van der Waals surface area contributed by atoms with Crippen LogP contribution in [0.15, 0.2) is 24.3 Å². The van der Waals surface area contributed by atoms with Gasteiger partial charge >= 0.3 is 0 Å². The van der Waals surface area contributed by atoms with E-state index >= 15 is 0 Å². The molecule has 1 N–H and O–H groups in total. The number of nitrogens with one attached hydrogen (secondary N) is 1. The zero-order valence-corrected chi connectivity index (χ0v) is 13.9. The Morgan fingerprint density at radius 2 is 1.76 bits per heavy atom. The molecule has 1 aliphatic heterocycles. The number of carbonyl (C=O) groups excluding carboxylic acids is 1. The Hall–Kier alpha value is -1.35. The van der Waals surface area contributed by atoms with Crippen LogP contribution in [0.25, 0.3) is 0 Å². The summed E-state index contributed by atoms with van der Waals surface area (Å²) in [6.07, 6.45) is 2.22. The molecule has 0 radical (unpaired) electrons. The molecule has 0 aromatic heterocycles. The Morgan fingerprint density at radius 3 is 2.33 bits per heavy atom. The fourth-order valence-corrected chi connectivity index (χ4v) is 2.93. The van der Waals surface area contributed by atoms with Gasteiger partial charge in [-0.05, 0) is 45.1 Å². The Bertz CT molecular complexity index is 480. The zero-order valence-electron chi connectivity index (χ0n) is 13.9. The van der Waals surface area contributed by atoms with Gasteiger partial charge in [-0.25, -0.2) is 0 Å². The predicted molar refractivity (Wildman–Crippen MR) is 86.9 cm³/mol. The number of aryl methyl sites for hydroxylation is 1. The summed E-state index contributed by atoms with van der Waals surface area (Å²) in [5, 5.41) is 3.43. The fourth-order valence-electron chi connectivity index (χ4n) is 2.93. The quantitative estimate of drug-likeness (QED) is 0.897. The number of carbonyl (C=O) groups is 1. The van der Waals surface area contributed by atoms with E-state index in [2.05, 4.69) is 57.3 Å². The fraction of sp³-hybridized carbons (Fsp3) is 0.611. The Balaban J connectivity index is 2.18. The molecule has 0 saturated carbocycles. The maximum absolute atomic E-state index is 12.5.